The first-order valence-electron chi connectivity index (χ1n) is 3.82. The number of nitrogens with zero attached hydrogens (tertiary/aromatic N) is 1. The summed E-state index contributed by atoms with van der Waals surface area (Å²) < 4.78 is 0. The highest BCUT2D eigenvalue weighted by Crippen LogP contribution is 2.07. The Balaban J connectivity index is 2.73. The maximum atomic E-state index is 11.1. The van der Waals surface area contributed by atoms with Crippen LogP contribution in [-0.2, 0) is 4.79 Å². The third kappa shape index (κ3) is 1.49. The number of rotatable bonds is 0. The maximum absolute atomic E-state index is 11.1. The van der Waals surface area contributed by atoms with E-state index in [1.54, 1.807) is 13.8 Å². The molecular weight excluding hydrogens is 160 g/mol. The molecule has 2 amide bonds. The van der Waals surface area contributed by atoms with Gasteiger partial charge >= 0.3 is 6.09 Å². The van der Waals surface area contributed by atoms with Crippen molar-refractivity contribution in [3.05, 3.63) is 0 Å². The summed E-state index contributed by atoms with van der Waals surface area (Å²) >= 11 is 0. The Bertz CT molecular complexity index is 217. The molecule has 0 radical (unpaired) electrons. The predicted molar refractivity (Wildman–Crippen MR) is 41.8 cm³/mol. The highest BCUT2D eigenvalue weighted by molar-refractivity contribution is 5.86. The summed E-state index contributed by atoms with van der Waals surface area (Å²) in [6.45, 7) is 3.72. The Morgan fingerprint density at radius 2 is 2.25 bits per heavy atom. The van der Waals surface area contributed by atoms with E-state index < -0.39 is 12.1 Å². The standard InChI is InChI=1S/C7H12N2O3/c1-4-3-9(7(11)12)5(2)6(10)8-4/h4-5H,3H2,1-2H3,(H,8,10)(H,11,12). The van der Waals surface area contributed by atoms with E-state index in [1.807, 2.05) is 0 Å². The van der Waals surface area contributed by atoms with Crippen LogP contribution in [0.15, 0.2) is 0 Å². The van der Waals surface area contributed by atoms with Gasteiger partial charge < -0.3 is 10.4 Å². The van der Waals surface area contributed by atoms with Crippen LogP contribution in [0.1, 0.15) is 13.8 Å². The van der Waals surface area contributed by atoms with Crippen molar-refractivity contribution in [1.82, 2.24) is 10.2 Å². The fourth-order valence-electron chi connectivity index (χ4n) is 1.25. The van der Waals surface area contributed by atoms with Crippen LogP contribution in [0.25, 0.3) is 0 Å². The number of carbonyl (C=O) groups is 2. The number of carboxylic acid groups (broad SMARTS) is 1. The number of hydrogen-bond acceptors (Lipinski definition) is 2. The summed E-state index contributed by atoms with van der Waals surface area (Å²) in [5.41, 5.74) is 0. The van der Waals surface area contributed by atoms with E-state index in [0.717, 1.165) is 4.90 Å². The average molecular weight is 172 g/mol. The van der Waals surface area contributed by atoms with Gasteiger partial charge in [0.25, 0.3) is 0 Å². The number of piperazine rings is 1. The van der Waals surface area contributed by atoms with Crippen LogP contribution in [0.5, 0.6) is 0 Å². The maximum Gasteiger partial charge on any atom is 0.408 e. The zero-order valence-corrected chi connectivity index (χ0v) is 7.07. The van der Waals surface area contributed by atoms with Gasteiger partial charge in [-0.15, -0.1) is 0 Å². The molecule has 0 spiro atoms. The van der Waals surface area contributed by atoms with Crippen LogP contribution >= 0.6 is 0 Å². The van der Waals surface area contributed by atoms with Crippen molar-refractivity contribution in [2.24, 2.45) is 0 Å². The minimum absolute atomic E-state index is 0.0928. The summed E-state index contributed by atoms with van der Waals surface area (Å²) in [6, 6.07) is -0.663. The van der Waals surface area contributed by atoms with E-state index in [0.29, 0.717) is 6.54 Å². The molecule has 1 fully saturated rings. The Morgan fingerprint density at radius 3 is 2.75 bits per heavy atom. The van der Waals surface area contributed by atoms with Crippen molar-refractivity contribution >= 4 is 12.0 Å². The van der Waals surface area contributed by atoms with Crippen molar-refractivity contribution < 1.29 is 14.7 Å². The van der Waals surface area contributed by atoms with Gasteiger partial charge in [0.15, 0.2) is 0 Å². The van der Waals surface area contributed by atoms with Gasteiger partial charge in [-0.1, -0.05) is 0 Å². The third-order valence-corrected chi connectivity index (χ3v) is 1.95. The molecule has 2 N–H and O–H groups in total. The number of nitrogens with one attached hydrogen (secondary N) is 1. The van der Waals surface area contributed by atoms with Crippen molar-refractivity contribution in [3.63, 3.8) is 0 Å². The molecule has 5 heteroatoms. The van der Waals surface area contributed by atoms with E-state index in [-0.39, 0.29) is 11.9 Å². The Kier molecular flexibility index (Phi) is 2.21. The van der Waals surface area contributed by atoms with Gasteiger partial charge in [0.2, 0.25) is 5.91 Å². The molecule has 0 bridgehead atoms. The molecule has 0 aromatic rings. The summed E-state index contributed by atoms with van der Waals surface area (Å²) in [7, 11) is 0. The van der Waals surface area contributed by atoms with Crippen molar-refractivity contribution in [1.29, 1.82) is 0 Å². The minimum Gasteiger partial charge on any atom is -0.465 e. The van der Waals surface area contributed by atoms with Crippen molar-refractivity contribution in [2.75, 3.05) is 6.54 Å². The van der Waals surface area contributed by atoms with E-state index in [4.69, 9.17) is 5.11 Å². The monoisotopic (exact) mass is 172 g/mol. The lowest BCUT2D eigenvalue weighted by atomic mass is 10.1. The average Bonchev–Trinajstić information content (AvgIpc) is 1.96. The first kappa shape index (κ1) is 8.83. The Labute approximate surface area is 70.4 Å². The van der Waals surface area contributed by atoms with E-state index in [1.165, 1.54) is 0 Å². The van der Waals surface area contributed by atoms with E-state index in [9.17, 15) is 9.59 Å². The molecule has 2 unspecified atom stereocenters. The molecule has 0 aliphatic carbocycles. The number of carbonyl (C=O) groups excluding carboxylic acids is 1. The zero-order valence-electron chi connectivity index (χ0n) is 7.07. The molecule has 12 heavy (non-hydrogen) atoms. The predicted octanol–water partition coefficient (Wildman–Crippen LogP) is -0.127. The van der Waals surface area contributed by atoms with Crippen LogP contribution in [0.2, 0.25) is 0 Å². The molecular formula is C7H12N2O3. The first-order valence-corrected chi connectivity index (χ1v) is 3.82. The fourth-order valence-corrected chi connectivity index (χ4v) is 1.25. The Morgan fingerprint density at radius 1 is 1.67 bits per heavy atom. The van der Waals surface area contributed by atoms with Crippen molar-refractivity contribution in [2.45, 2.75) is 25.9 Å². The Hall–Kier alpha value is -1.26. The molecule has 0 saturated carbocycles. The molecule has 0 aromatic heterocycles. The molecule has 5 nitrogen and oxygen atoms in total. The quantitative estimate of drug-likeness (QED) is 0.535. The normalized spacial score (nSPS) is 29.8. The van der Waals surface area contributed by atoms with Crippen LogP contribution in [0, 0.1) is 0 Å². The fraction of sp³-hybridized carbons (Fsp3) is 0.714. The smallest absolute Gasteiger partial charge is 0.408 e. The highest BCUT2D eigenvalue weighted by atomic mass is 16.4. The lowest BCUT2D eigenvalue weighted by molar-refractivity contribution is -0.128. The van der Waals surface area contributed by atoms with E-state index in [2.05, 4.69) is 5.32 Å². The lowest BCUT2D eigenvalue weighted by Gasteiger charge is -2.34. The van der Waals surface area contributed by atoms with Crippen molar-refractivity contribution in [3.8, 4) is 0 Å². The zero-order chi connectivity index (χ0) is 9.30. The lowest BCUT2D eigenvalue weighted by Crippen LogP contribution is -2.59. The van der Waals surface area contributed by atoms with Crippen LogP contribution in [-0.4, -0.2) is 40.6 Å². The third-order valence-electron chi connectivity index (χ3n) is 1.95. The minimum atomic E-state index is -1.04. The topological polar surface area (TPSA) is 69.6 Å². The van der Waals surface area contributed by atoms with E-state index >= 15 is 0 Å². The second-order valence-electron chi connectivity index (χ2n) is 3.02. The molecule has 68 valence electrons. The number of amides is 2. The van der Waals surface area contributed by atoms with Gasteiger partial charge in [0.05, 0.1) is 0 Å². The highest BCUT2D eigenvalue weighted by Gasteiger charge is 2.32. The SMILES string of the molecule is CC1CN(C(=O)O)C(C)C(=O)N1. The van der Waals surface area contributed by atoms with Gasteiger partial charge in [0.1, 0.15) is 6.04 Å². The van der Waals surface area contributed by atoms with Gasteiger partial charge in [-0.25, -0.2) is 4.79 Å². The molecule has 1 aliphatic heterocycles. The molecule has 1 rings (SSSR count). The second-order valence-corrected chi connectivity index (χ2v) is 3.02. The molecule has 1 heterocycles. The first-order chi connectivity index (χ1) is 5.52. The molecule has 1 aliphatic rings. The van der Waals surface area contributed by atoms with Crippen LogP contribution in [0.3, 0.4) is 0 Å². The largest absolute Gasteiger partial charge is 0.465 e. The summed E-state index contributed by atoms with van der Waals surface area (Å²) in [5.74, 6) is -0.226. The van der Waals surface area contributed by atoms with Gasteiger partial charge in [0, 0.05) is 12.6 Å². The van der Waals surface area contributed by atoms with Crippen LogP contribution in [0.4, 0.5) is 4.79 Å². The second kappa shape index (κ2) is 3.00. The van der Waals surface area contributed by atoms with Gasteiger partial charge in [-0.3, -0.25) is 9.69 Å². The van der Waals surface area contributed by atoms with Gasteiger partial charge in [-0.2, -0.15) is 0 Å². The molecule has 2 atom stereocenters. The summed E-state index contributed by atoms with van der Waals surface area (Å²) in [6.07, 6.45) is -1.04. The molecule has 1 saturated heterocycles. The summed E-state index contributed by atoms with van der Waals surface area (Å²) in [5, 5.41) is 11.4. The van der Waals surface area contributed by atoms with Gasteiger partial charge in [-0.05, 0) is 13.8 Å². The van der Waals surface area contributed by atoms with Crippen LogP contribution < -0.4 is 5.32 Å². The number of hydrogen-bond donors (Lipinski definition) is 2. The molecule has 0 aromatic carbocycles. The summed E-state index contributed by atoms with van der Waals surface area (Å²) in [4.78, 5) is 22.8.